The Morgan fingerprint density at radius 2 is 2.12 bits per heavy atom. The summed E-state index contributed by atoms with van der Waals surface area (Å²) < 4.78 is 19.5. The lowest BCUT2D eigenvalue weighted by Gasteiger charge is -2.33. The van der Waals surface area contributed by atoms with E-state index in [0.29, 0.717) is 16.8 Å². The van der Waals surface area contributed by atoms with Gasteiger partial charge in [0, 0.05) is 17.7 Å². The Balaban J connectivity index is 2.09. The van der Waals surface area contributed by atoms with Crippen molar-refractivity contribution in [2.45, 2.75) is 38.6 Å². The van der Waals surface area contributed by atoms with Crippen molar-refractivity contribution >= 4 is 6.09 Å². The van der Waals surface area contributed by atoms with E-state index < -0.39 is 23.2 Å². The van der Waals surface area contributed by atoms with Gasteiger partial charge < -0.3 is 21.1 Å². The van der Waals surface area contributed by atoms with E-state index in [4.69, 9.17) is 16.2 Å². The molecule has 1 aromatic rings. The van der Waals surface area contributed by atoms with Crippen molar-refractivity contribution in [2.75, 3.05) is 0 Å². The van der Waals surface area contributed by atoms with Gasteiger partial charge in [-0.2, -0.15) is 0 Å². The molecule has 6 nitrogen and oxygen atoms in total. The smallest absolute Gasteiger partial charge is 0.407 e. The maximum absolute atomic E-state index is 14.3. The number of benzene rings is 1. The van der Waals surface area contributed by atoms with Gasteiger partial charge in [0.1, 0.15) is 11.4 Å². The number of nitrogens with one attached hydrogen (secondary N) is 2. The second-order valence-electron chi connectivity index (χ2n) is 6.60. The molecule has 1 amide bonds. The average molecular weight is 334 g/mol. The molecule has 130 valence electrons. The van der Waals surface area contributed by atoms with Crippen molar-refractivity contribution in [2.24, 2.45) is 11.5 Å². The Bertz CT molecular complexity index is 694. The molecule has 1 aromatic carbocycles. The van der Waals surface area contributed by atoms with Crippen molar-refractivity contribution in [3.8, 4) is 0 Å². The van der Waals surface area contributed by atoms with E-state index in [1.807, 2.05) is 0 Å². The van der Waals surface area contributed by atoms with Crippen LogP contribution in [0.25, 0.3) is 0 Å². The Kier molecular flexibility index (Phi) is 4.84. The molecule has 6 N–H and O–H groups in total. The number of hydrogen-bond donors (Lipinski definition) is 4. The number of rotatable bonds is 3. The van der Waals surface area contributed by atoms with Crippen LogP contribution in [-0.4, -0.2) is 11.7 Å². The lowest BCUT2D eigenvalue weighted by atomic mass is 9.94. The molecule has 7 heteroatoms. The lowest BCUT2D eigenvalue weighted by molar-refractivity contribution is 0.0523. The number of carbonyl (C=O) groups is 1. The average Bonchev–Trinajstić information content (AvgIpc) is 2.47. The Labute approximate surface area is 140 Å². The fourth-order valence-electron chi connectivity index (χ4n) is 2.21. The second kappa shape index (κ2) is 6.52. The first-order chi connectivity index (χ1) is 11.1. The van der Waals surface area contributed by atoms with Crippen LogP contribution in [0, 0.1) is 5.82 Å². The van der Waals surface area contributed by atoms with Gasteiger partial charge in [-0.05, 0) is 45.2 Å². The van der Waals surface area contributed by atoms with Gasteiger partial charge >= 0.3 is 6.09 Å². The zero-order valence-electron chi connectivity index (χ0n) is 14.0. The number of dihydropyridines is 1. The summed E-state index contributed by atoms with van der Waals surface area (Å²) in [6.07, 6.45) is 4.42. The summed E-state index contributed by atoms with van der Waals surface area (Å²) in [5.41, 5.74) is 11.6. The molecule has 0 radical (unpaired) electrons. The molecular weight excluding hydrogens is 311 g/mol. The fourth-order valence-corrected chi connectivity index (χ4v) is 2.21. The molecule has 0 aliphatic carbocycles. The van der Waals surface area contributed by atoms with Gasteiger partial charge in [0.05, 0.1) is 5.70 Å². The molecule has 0 fully saturated rings. The van der Waals surface area contributed by atoms with E-state index >= 15 is 0 Å². The minimum absolute atomic E-state index is 0.0112. The third-order valence-corrected chi connectivity index (χ3v) is 3.47. The van der Waals surface area contributed by atoms with Gasteiger partial charge in [-0.1, -0.05) is 12.1 Å². The van der Waals surface area contributed by atoms with Crippen molar-refractivity contribution in [1.29, 1.82) is 0 Å². The Morgan fingerprint density at radius 1 is 1.42 bits per heavy atom. The van der Waals surface area contributed by atoms with Crippen molar-refractivity contribution in [1.82, 2.24) is 10.6 Å². The molecule has 1 aliphatic rings. The first-order valence-electron chi connectivity index (χ1n) is 7.57. The van der Waals surface area contributed by atoms with Gasteiger partial charge in [0.15, 0.2) is 5.66 Å². The lowest BCUT2D eigenvalue weighted by Crippen LogP contribution is -2.53. The Hall–Kier alpha value is -2.54. The molecule has 1 unspecified atom stereocenters. The quantitative estimate of drug-likeness (QED) is 0.676. The summed E-state index contributed by atoms with van der Waals surface area (Å²) in [5, 5.41) is 5.45. The van der Waals surface area contributed by atoms with Crippen molar-refractivity contribution in [3.63, 3.8) is 0 Å². The molecule has 1 aliphatic heterocycles. The fraction of sp³-hybridized carbons (Fsp3) is 0.353. The van der Waals surface area contributed by atoms with Crippen molar-refractivity contribution < 1.29 is 13.9 Å². The van der Waals surface area contributed by atoms with Gasteiger partial charge in [-0.15, -0.1) is 0 Å². The van der Waals surface area contributed by atoms with Crippen LogP contribution >= 0.6 is 0 Å². The molecule has 1 atom stereocenters. The van der Waals surface area contributed by atoms with Crippen LogP contribution in [0.5, 0.6) is 0 Å². The van der Waals surface area contributed by atoms with Crippen LogP contribution < -0.4 is 22.1 Å². The van der Waals surface area contributed by atoms with E-state index in [0.717, 1.165) is 0 Å². The highest BCUT2D eigenvalue weighted by Crippen LogP contribution is 2.25. The number of allylic oxidation sites excluding steroid dienone is 2. The minimum Gasteiger partial charge on any atom is -0.444 e. The van der Waals surface area contributed by atoms with Crippen molar-refractivity contribution in [3.05, 3.63) is 59.2 Å². The summed E-state index contributed by atoms with van der Waals surface area (Å²) in [6, 6.07) is 4.53. The Morgan fingerprint density at radius 3 is 2.71 bits per heavy atom. The molecular formula is C17H23FN4O2. The standard InChI is InChI=1S/C17H23FN4O2/c1-16(2,3)24-15(23)21-10-11-6-7-12(9-13(11)18)17(20)14(19)5-4-8-22-17/h4-9,22H,10,19-20H2,1-3H3,(H,21,23). The highest BCUT2D eigenvalue weighted by atomic mass is 19.1. The molecule has 24 heavy (non-hydrogen) atoms. The highest BCUT2D eigenvalue weighted by Gasteiger charge is 2.31. The van der Waals surface area contributed by atoms with Gasteiger partial charge in [-0.25, -0.2) is 9.18 Å². The number of carbonyl (C=O) groups excluding carboxylic acids is 1. The maximum atomic E-state index is 14.3. The predicted octanol–water partition coefficient (Wildman–Crippen LogP) is 1.92. The second-order valence-corrected chi connectivity index (χ2v) is 6.60. The molecule has 0 bridgehead atoms. The number of amides is 1. The number of nitrogens with two attached hydrogens (primary N) is 2. The number of hydrogen-bond acceptors (Lipinski definition) is 5. The van der Waals surface area contributed by atoms with Crippen LogP contribution in [-0.2, 0) is 16.9 Å². The molecule has 0 saturated carbocycles. The number of alkyl carbamates (subject to hydrolysis) is 1. The summed E-state index contributed by atoms with van der Waals surface area (Å²) in [5.74, 6) is -0.488. The predicted molar refractivity (Wildman–Crippen MR) is 89.9 cm³/mol. The summed E-state index contributed by atoms with van der Waals surface area (Å²) in [6.45, 7) is 5.28. The van der Waals surface area contributed by atoms with E-state index in [-0.39, 0.29) is 6.54 Å². The van der Waals surface area contributed by atoms with E-state index in [2.05, 4.69) is 10.6 Å². The van der Waals surface area contributed by atoms with E-state index in [1.54, 1.807) is 51.3 Å². The monoisotopic (exact) mass is 334 g/mol. The zero-order chi connectivity index (χ0) is 18.0. The van der Waals surface area contributed by atoms with E-state index in [1.165, 1.54) is 6.07 Å². The highest BCUT2D eigenvalue weighted by molar-refractivity contribution is 5.67. The molecule has 0 spiro atoms. The largest absolute Gasteiger partial charge is 0.444 e. The number of halogens is 1. The van der Waals surface area contributed by atoms with Crippen LogP contribution in [0.1, 0.15) is 31.9 Å². The SMILES string of the molecule is CC(C)(C)OC(=O)NCc1ccc(C2(N)NC=CC=C2N)cc1F. The van der Waals surface area contributed by atoms with Crippen LogP contribution in [0.3, 0.4) is 0 Å². The van der Waals surface area contributed by atoms with Crippen LogP contribution in [0.15, 0.2) is 42.2 Å². The molecule has 0 aromatic heterocycles. The van der Waals surface area contributed by atoms with Gasteiger partial charge in [0.25, 0.3) is 0 Å². The molecule has 0 saturated heterocycles. The molecule has 2 rings (SSSR count). The summed E-state index contributed by atoms with van der Waals surface area (Å²) in [4.78, 5) is 11.6. The topological polar surface area (TPSA) is 102 Å². The summed E-state index contributed by atoms with van der Waals surface area (Å²) >= 11 is 0. The van der Waals surface area contributed by atoms with Gasteiger partial charge in [-0.3, -0.25) is 5.73 Å². The first-order valence-corrected chi connectivity index (χ1v) is 7.57. The summed E-state index contributed by atoms with van der Waals surface area (Å²) in [7, 11) is 0. The minimum atomic E-state index is -1.16. The third-order valence-electron chi connectivity index (χ3n) is 3.47. The maximum Gasteiger partial charge on any atom is 0.407 e. The van der Waals surface area contributed by atoms with E-state index in [9.17, 15) is 9.18 Å². The third kappa shape index (κ3) is 4.05. The van der Waals surface area contributed by atoms with Crippen LogP contribution in [0.4, 0.5) is 9.18 Å². The number of ether oxygens (including phenoxy) is 1. The van der Waals surface area contributed by atoms with Crippen LogP contribution in [0.2, 0.25) is 0 Å². The first kappa shape index (κ1) is 17.8. The normalized spacial score (nSPS) is 20.1. The zero-order valence-corrected chi connectivity index (χ0v) is 14.0. The molecule has 1 heterocycles. The van der Waals surface area contributed by atoms with Gasteiger partial charge in [0.2, 0.25) is 0 Å².